The first kappa shape index (κ1) is 24.2. The lowest BCUT2D eigenvalue weighted by Crippen LogP contribution is -2.53. The normalized spacial score (nSPS) is 20.3. The summed E-state index contributed by atoms with van der Waals surface area (Å²) in [6, 6.07) is 14.7. The van der Waals surface area contributed by atoms with Crippen molar-refractivity contribution in [1.82, 2.24) is 14.4 Å². The number of likely N-dealkylation sites (tertiary alicyclic amines) is 1. The molecule has 188 valence electrons. The first-order valence-corrected chi connectivity index (χ1v) is 12.9. The zero-order chi connectivity index (χ0) is 24.6. The van der Waals surface area contributed by atoms with Crippen LogP contribution in [0.4, 0.5) is 0 Å². The van der Waals surface area contributed by atoms with Crippen LogP contribution in [0.1, 0.15) is 49.0 Å². The number of ether oxygens (including phenoxy) is 2. The molecule has 0 amide bonds. The van der Waals surface area contributed by atoms with Crippen molar-refractivity contribution >= 4 is 10.9 Å². The standard InChI is InChI=1S/C29H39N3O3/c1-5-14-31-15-12-29(13-16-31)20-32(18-21-8-6-7-9-26(21)35-4)25(19-33)28-27(29)23-11-10-22(34-3)17-24(23)30(28)2/h6-11,17,25,33H,5,12-16,18-20H2,1-4H3/t25-/m0/s1. The molecule has 2 aliphatic rings. The van der Waals surface area contributed by atoms with Crippen molar-refractivity contribution < 1.29 is 14.6 Å². The highest BCUT2D eigenvalue weighted by atomic mass is 16.5. The maximum Gasteiger partial charge on any atom is 0.123 e. The lowest BCUT2D eigenvalue weighted by atomic mass is 9.68. The molecule has 35 heavy (non-hydrogen) atoms. The molecule has 1 spiro atoms. The molecule has 2 aromatic carbocycles. The summed E-state index contributed by atoms with van der Waals surface area (Å²) in [7, 11) is 5.61. The van der Waals surface area contributed by atoms with E-state index in [0.29, 0.717) is 0 Å². The Balaban J connectivity index is 1.64. The van der Waals surface area contributed by atoms with E-state index in [0.717, 1.165) is 56.1 Å². The number of aryl methyl sites for hydroxylation is 1. The number of benzene rings is 2. The van der Waals surface area contributed by atoms with Gasteiger partial charge in [0.2, 0.25) is 0 Å². The number of piperidine rings is 1. The number of methoxy groups -OCH3 is 2. The molecule has 2 aliphatic heterocycles. The van der Waals surface area contributed by atoms with Gasteiger partial charge in [-0.3, -0.25) is 4.90 Å². The van der Waals surface area contributed by atoms with E-state index >= 15 is 0 Å². The minimum absolute atomic E-state index is 0.0569. The van der Waals surface area contributed by atoms with E-state index in [2.05, 4.69) is 58.7 Å². The molecule has 0 bridgehead atoms. The van der Waals surface area contributed by atoms with Crippen molar-refractivity contribution in [2.75, 3.05) is 47.0 Å². The smallest absolute Gasteiger partial charge is 0.123 e. The van der Waals surface area contributed by atoms with Crippen LogP contribution in [0.3, 0.4) is 0 Å². The molecule has 1 fully saturated rings. The zero-order valence-electron chi connectivity index (χ0n) is 21.6. The van der Waals surface area contributed by atoms with Gasteiger partial charge in [0.15, 0.2) is 0 Å². The van der Waals surface area contributed by atoms with Crippen LogP contribution in [0.5, 0.6) is 11.5 Å². The number of fused-ring (bicyclic) bond motifs is 4. The second-order valence-electron chi connectivity index (χ2n) is 10.2. The lowest BCUT2D eigenvalue weighted by Gasteiger charge is -2.50. The Morgan fingerprint density at radius 3 is 2.51 bits per heavy atom. The third-order valence-corrected chi connectivity index (χ3v) is 8.34. The van der Waals surface area contributed by atoms with Crippen LogP contribution in [0.15, 0.2) is 42.5 Å². The minimum atomic E-state index is -0.0717. The second-order valence-corrected chi connectivity index (χ2v) is 10.2. The van der Waals surface area contributed by atoms with Crippen LogP contribution in [0, 0.1) is 0 Å². The maximum atomic E-state index is 10.7. The SMILES string of the molecule is CCCN1CCC2(CC1)CN(Cc1ccccc1OC)[C@@H](CO)c1c2c2ccc(OC)cc2n1C. The molecule has 5 rings (SSSR count). The van der Waals surface area contributed by atoms with Crippen LogP contribution in [-0.4, -0.2) is 66.5 Å². The number of rotatable bonds is 7. The van der Waals surface area contributed by atoms with Gasteiger partial charge < -0.3 is 24.0 Å². The topological polar surface area (TPSA) is 50.1 Å². The quantitative estimate of drug-likeness (QED) is 0.544. The van der Waals surface area contributed by atoms with Crippen LogP contribution in [-0.2, 0) is 19.0 Å². The molecule has 0 saturated carbocycles. The molecule has 1 N–H and O–H groups in total. The molecule has 6 nitrogen and oxygen atoms in total. The Morgan fingerprint density at radius 1 is 1.06 bits per heavy atom. The van der Waals surface area contributed by atoms with Gasteiger partial charge >= 0.3 is 0 Å². The highest BCUT2D eigenvalue weighted by molar-refractivity contribution is 5.88. The van der Waals surface area contributed by atoms with Gasteiger partial charge in [-0.15, -0.1) is 0 Å². The van der Waals surface area contributed by atoms with E-state index in [1.165, 1.54) is 35.1 Å². The first-order valence-electron chi connectivity index (χ1n) is 12.9. The van der Waals surface area contributed by atoms with Crippen molar-refractivity contribution in [3.05, 3.63) is 59.3 Å². The number of hydrogen-bond acceptors (Lipinski definition) is 5. The average molecular weight is 478 g/mol. The van der Waals surface area contributed by atoms with Gasteiger partial charge in [-0.1, -0.05) is 25.1 Å². The Hall–Kier alpha value is -2.54. The monoisotopic (exact) mass is 477 g/mol. The van der Waals surface area contributed by atoms with Crippen LogP contribution in [0.25, 0.3) is 10.9 Å². The van der Waals surface area contributed by atoms with E-state index < -0.39 is 0 Å². The van der Waals surface area contributed by atoms with E-state index in [1.54, 1.807) is 14.2 Å². The summed E-state index contributed by atoms with van der Waals surface area (Å²) in [4.78, 5) is 5.10. The predicted octanol–water partition coefficient (Wildman–Crippen LogP) is 4.49. The van der Waals surface area contributed by atoms with Gasteiger partial charge in [0.05, 0.1) is 32.4 Å². The molecule has 1 atom stereocenters. The number of nitrogens with zero attached hydrogens (tertiary/aromatic N) is 3. The van der Waals surface area contributed by atoms with Crippen LogP contribution < -0.4 is 9.47 Å². The van der Waals surface area contributed by atoms with Gasteiger partial charge in [0, 0.05) is 48.3 Å². The van der Waals surface area contributed by atoms with Crippen LogP contribution >= 0.6 is 0 Å². The Kier molecular flexibility index (Phi) is 6.80. The van der Waals surface area contributed by atoms with Crippen molar-refractivity contribution in [2.24, 2.45) is 7.05 Å². The summed E-state index contributed by atoms with van der Waals surface area (Å²) in [5.41, 5.74) is 5.10. The fourth-order valence-electron chi connectivity index (χ4n) is 6.61. The molecule has 0 unspecified atom stereocenters. The number of para-hydroxylation sites is 1. The number of aromatic nitrogens is 1. The van der Waals surface area contributed by atoms with Gasteiger partial charge in [-0.25, -0.2) is 0 Å². The summed E-state index contributed by atoms with van der Waals surface area (Å²) in [6.07, 6.45) is 3.45. The van der Waals surface area contributed by atoms with Crippen LogP contribution in [0.2, 0.25) is 0 Å². The molecule has 0 radical (unpaired) electrons. The largest absolute Gasteiger partial charge is 0.497 e. The van der Waals surface area contributed by atoms with E-state index in [-0.39, 0.29) is 18.1 Å². The Bertz CT molecular complexity index is 1180. The Morgan fingerprint density at radius 2 is 1.83 bits per heavy atom. The summed E-state index contributed by atoms with van der Waals surface area (Å²) in [5, 5.41) is 12.1. The third-order valence-electron chi connectivity index (χ3n) is 8.34. The predicted molar refractivity (Wildman–Crippen MR) is 140 cm³/mol. The molecular formula is C29H39N3O3. The summed E-state index contributed by atoms with van der Waals surface area (Å²) >= 11 is 0. The molecular weight excluding hydrogens is 438 g/mol. The number of aliphatic hydroxyl groups is 1. The molecule has 3 aromatic rings. The van der Waals surface area contributed by atoms with E-state index in [9.17, 15) is 5.11 Å². The first-order chi connectivity index (χ1) is 17.0. The van der Waals surface area contributed by atoms with Crippen molar-refractivity contribution in [1.29, 1.82) is 0 Å². The van der Waals surface area contributed by atoms with Gasteiger partial charge in [0.25, 0.3) is 0 Å². The van der Waals surface area contributed by atoms with Gasteiger partial charge in [-0.2, -0.15) is 0 Å². The number of aliphatic hydroxyl groups excluding tert-OH is 1. The second kappa shape index (κ2) is 9.84. The van der Waals surface area contributed by atoms with E-state index in [1.807, 2.05) is 12.1 Å². The zero-order valence-corrected chi connectivity index (χ0v) is 21.6. The van der Waals surface area contributed by atoms with Crippen molar-refractivity contribution in [3.63, 3.8) is 0 Å². The summed E-state index contributed by atoms with van der Waals surface area (Å²) < 4.78 is 13.6. The molecule has 1 saturated heterocycles. The third kappa shape index (κ3) is 4.11. The maximum absolute atomic E-state index is 10.7. The van der Waals surface area contributed by atoms with Gasteiger partial charge in [0.1, 0.15) is 11.5 Å². The minimum Gasteiger partial charge on any atom is -0.497 e. The molecule has 3 heterocycles. The summed E-state index contributed by atoms with van der Waals surface area (Å²) in [5.74, 6) is 1.78. The average Bonchev–Trinajstić information content (AvgIpc) is 3.18. The Labute approximate surface area is 209 Å². The molecule has 6 heteroatoms. The summed E-state index contributed by atoms with van der Waals surface area (Å²) in [6.45, 7) is 7.44. The molecule has 1 aromatic heterocycles. The highest BCUT2D eigenvalue weighted by Gasteiger charge is 2.48. The van der Waals surface area contributed by atoms with Gasteiger partial charge in [-0.05, 0) is 62.7 Å². The molecule has 0 aliphatic carbocycles. The van der Waals surface area contributed by atoms with Crippen molar-refractivity contribution in [3.8, 4) is 11.5 Å². The van der Waals surface area contributed by atoms with Crippen molar-refractivity contribution in [2.45, 2.75) is 44.2 Å². The number of hydrogen-bond donors (Lipinski definition) is 1. The highest BCUT2D eigenvalue weighted by Crippen LogP contribution is 2.50. The fraction of sp³-hybridized carbons (Fsp3) is 0.517. The van der Waals surface area contributed by atoms with E-state index in [4.69, 9.17) is 9.47 Å². The lowest BCUT2D eigenvalue weighted by molar-refractivity contribution is 0.0412. The fourth-order valence-corrected chi connectivity index (χ4v) is 6.61.